The van der Waals surface area contributed by atoms with Crippen LogP contribution in [0, 0.1) is 0 Å². The number of aromatic nitrogens is 1. The summed E-state index contributed by atoms with van der Waals surface area (Å²) in [6, 6.07) is 24.9. The van der Waals surface area contributed by atoms with Crippen molar-refractivity contribution >= 4 is 16.8 Å². The maximum atomic E-state index is 13.5. The van der Waals surface area contributed by atoms with Gasteiger partial charge in [0, 0.05) is 42.0 Å². The summed E-state index contributed by atoms with van der Waals surface area (Å²) in [7, 11) is 3.36. The summed E-state index contributed by atoms with van der Waals surface area (Å²) in [5, 5.41) is 4.46. The van der Waals surface area contributed by atoms with Crippen LogP contribution in [-0.4, -0.2) is 55.3 Å². The Morgan fingerprint density at radius 2 is 1.54 bits per heavy atom. The van der Waals surface area contributed by atoms with Gasteiger partial charge < -0.3 is 24.3 Å². The lowest BCUT2D eigenvalue weighted by Gasteiger charge is -2.21. The lowest BCUT2D eigenvalue weighted by atomic mass is 9.88. The summed E-state index contributed by atoms with van der Waals surface area (Å²) < 4.78 is 13.1. The average molecular weight is 556 g/mol. The molecule has 0 aliphatic rings. The van der Waals surface area contributed by atoms with Crippen molar-refractivity contribution in [2.45, 2.75) is 58.5 Å². The van der Waals surface area contributed by atoms with Crippen LogP contribution in [0.2, 0.25) is 0 Å². The van der Waals surface area contributed by atoms with Crippen molar-refractivity contribution in [3.05, 3.63) is 95.7 Å². The largest absolute Gasteiger partial charge is 0.497 e. The van der Waals surface area contributed by atoms with Gasteiger partial charge in [0.2, 0.25) is 5.91 Å². The monoisotopic (exact) mass is 555 g/mol. The molecule has 0 bridgehead atoms. The highest BCUT2D eigenvalue weighted by molar-refractivity contribution is 5.87. The number of benzene rings is 3. The average Bonchev–Trinajstić information content (AvgIpc) is 3.36. The molecule has 41 heavy (non-hydrogen) atoms. The molecule has 6 heteroatoms. The third kappa shape index (κ3) is 7.92. The van der Waals surface area contributed by atoms with Gasteiger partial charge in [-0.3, -0.25) is 4.79 Å². The van der Waals surface area contributed by atoms with Gasteiger partial charge in [0.1, 0.15) is 11.5 Å². The zero-order chi connectivity index (χ0) is 29.2. The molecule has 0 aliphatic carbocycles. The highest BCUT2D eigenvalue weighted by atomic mass is 16.5. The molecule has 0 aliphatic heterocycles. The van der Waals surface area contributed by atoms with Crippen molar-refractivity contribution in [1.82, 2.24) is 14.8 Å². The van der Waals surface area contributed by atoms with Crippen LogP contribution in [0.1, 0.15) is 62.6 Å². The van der Waals surface area contributed by atoms with Gasteiger partial charge in [0.15, 0.2) is 0 Å². The van der Waals surface area contributed by atoms with E-state index in [0.717, 1.165) is 67.2 Å². The maximum Gasteiger partial charge on any atom is 0.221 e. The molecule has 0 saturated carbocycles. The number of rotatable bonds is 15. The summed E-state index contributed by atoms with van der Waals surface area (Å²) in [4.78, 5) is 15.9. The minimum absolute atomic E-state index is 0.0770. The molecule has 0 unspecified atom stereocenters. The second-order valence-electron chi connectivity index (χ2n) is 10.7. The van der Waals surface area contributed by atoms with Crippen LogP contribution >= 0.6 is 0 Å². The van der Waals surface area contributed by atoms with Crippen LogP contribution in [-0.2, 0) is 11.3 Å². The van der Waals surface area contributed by atoms with Gasteiger partial charge in [-0.15, -0.1) is 0 Å². The summed E-state index contributed by atoms with van der Waals surface area (Å²) in [6.45, 7) is 10.4. The van der Waals surface area contributed by atoms with E-state index in [9.17, 15) is 4.79 Å². The molecule has 3 aromatic carbocycles. The number of carbonyl (C=O) groups excluding carboxylic acids is 1. The first-order chi connectivity index (χ1) is 19.9. The quantitative estimate of drug-likeness (QED) is 0.174. The first kappa shape index (κ1) is 30.2. The molecule has 4 rings (SSSR count). The van der Waals surface area contributed by atoms with E-state index in [1.54, 1.807) is 14.2 Å². The van der Waals surface area contributed by atoms with Crippen molar-refractivity contribution in [3.63, 3.8) is 0 Å². The molecule has 1 amide bonds. The van der Waals surface area contributed by atoms with E-state index >= 15 is 0 Å². The number of fused-ring (bicyclic) bond motifs is 1. The maximum absolute atomic E-state index is 13.5. The van der Waals surface area contributed by atoms with Gasteiger partial charge in [-0.05, 0) is 86.4 Å². The molecule has 1 aromatic heterocycles. The minimum Gasteiger partial charge on any atom is -0.497 e. The van der Waals surface area contributed by atoms with Crippen molar-refractivity contribution in [3.8, 4) is 11.5 Å². The fourth-order valence-corrected chi connectivity index (χ4v) is 5.61. The number of nitrogens with zero attached hydrogens (tertiary/aromatic N) is 2. The Morgan fingerprint density at radius 3 is 2.17 bits per heavy atom. The number of hydrogen-bond acceptors (Lipinski definition) is 4. The summed E-state index contributed by atoms with van der Waals surface area (Å²) in [5.74, 6) is 1.64. The number of ether oxygens (including phenoxy) is 2. The topological polar surface area (TPSA) is 55.7 Å². The molecule has 0 saturated heterocycles. The molecule has 4 aromatic rings. The van der Waals surface area contributed by atoms with Crippen LogP contribution in [0.5, 0.6) is 11.5 Å². The molecule has 0 radical (unpaired) electrons. The Morgan fingerprint density at radius 1 is 0.902 bits per heavy atom. The molecule has 1 N–H and O–H groups in total. The van der Waals surface area contributed by atoms with E-state index in [0.29, 0.717) is 6.42 Å². The number of carbonyl (C=O) groups is 1. The van der Waals surface area contributed by atoms with Gasteiger partial charge in [-0.2, -0.15) is 0 Å². The lowest BCUT2D eigenvalue weighted by molar-refractivity contribution is -0.121. The smallest absolute Gasteiger partial charge is 0.221 e. The molecule has 218 valence electrons. The van der Waals surface area contributed by atoms with E-state index in [1.807, 2.05) is 24.3 Å². The Hall–Kier alpha value is -3.77. The minimum atomic E-state index is -0.0919. The third-order valence-electron chi connectivity index (χ3n) is 8.03. The fraction of sp³-hybridized carbons (Fsp3) is 0.400. The molecule has 1 heterocycles. The van der Waals surface area contributed by atoms with Gasteiger partial charge in [0.05, 0.1) is 14.2 Å². The van der Waals surface area contributed by atoms with Gasteiger partial charge in [-0.25, -0.2) is 0 Å². The Balaban J connectivity index is 1.59. The zero-order valence-electron chi connectivity index (χ0n) is 25.2. The van der Waals surface area contributed by atoms with Gasteiger partial charge in [0.25, 0.3) is 0 Å². The highest BCUT2D eigenvalue weighted by Gasteiger charge is 2.24. The Kier molecular flexibility index (Phi) is 10.9. The van der Waals surface area contributed by atoms with Crippen LogP contribution in [0.3, 0.4) is 0 Å². The Labute approximate surface area is 245 Å². The summed E-state index contributed by atoms with van der Waals surface area (Å²) in [5.41, 5.74) is 4.60. The van der Waals surface area contributed by atoms with Crippen molar-refractivity contribution < 1.29 is 14.3 Å². The van der Waals surface area contributed by atoms with Gasteiger partial charge in [-0.1, -0.05) is 56.3 Å². The molecule has 0 fully saturated rings. The SMILES string of the molecule is CCN(CC)CCC[C@H](C)NC(=O)C[C@@H](c1ccc(OC)cc1)c1cn(Cc2ccc(OC)cc2)c2ccccc12. The predicted octanol–water partition coefficient (Wildman–Crippen LogP) is 6.86. The van der Waals surface area contributed by atoms with Crippen molar-refractivity contribution in [2.75, 3.05) is 33.9 Å². The van der Waals surface area contributed by atoms with Crippen LogP contribution in [0.25, 0.3) is 10.9 Å². The first-order valence-corrected chi connectivity index (χ1v) is 14.8. The van der Waals surface area contributed by atoms with E-state index < -0.39 is 0 Å². The number of hydrogen-bond donors (Lipinski definition) is 1. The second-order valence-corrected chi connectivity index (χ2v) is 10.7. The third-order valence-corrected chi connectivity index (χ3v) is 8.03. The van der Waals surface area contributed by atoms with Crippen molar-refractivity contribution in [1.29, 1.82) is 0 Å². The number of methoxy groups -OCH3 is 2. The summed E-state index contributed by atoms with van der Waals surface area (Å²) >= 11 is 0. The molecular formula is C35H45N3O3. The first-order valence-electron chi connectivity index (χ1n) is 14.8. The van der Waals surface area contributed by atoms with E-state index in [2.05, 4.69) is 90.3 Å². The predicted molar refractivity (Wildman–Crippen MR) is 168 cm³/mol. The number of para-hydroxylation sites is 1. The highest BCUT2D eigenvalue weighted by Crippen LogP contribution is 2.36. The van der Waals surface area contributed by atoms with E-state index in [1.165, 1.54) is 10.9 Å². The van der Waals surface area contributed by atoms with E-state index in [4.69, 9.17) is 9.47 Å². The normalized spacial score (nSPS) is 12.8. The van der Waals surface area contributed by atoms with Crippen LogP contribution < -0.4 is 14.8 Å². The molecular weight excluding hydrogens is 510 g/mol. The van der Waals surface area contributed by atoms with Crippen LogP contribution in [0.15, 0.2) is 79.0 Å². The molecule has 0 spiro atoms. The standard InChI is InChI=1S/C35H45N3O3/c1-6-37(7-2)22-10-11-26(3)36-35(39)23-32(28-16-20-30(41-5)21-17-28)33-25-38(34-13-9-8-12-31(33)34)24-27-14-18-29(40-4)19-15-27/h8-9,12-21,25-26,32H,6-7,10-11,22-24H2,1-5H3,(H,36,39)/t26-,32-/m0/s1. The molecule has 2 atom stereocenters. The fourth-order valence-electron chi connectivity index (χ4n) is 5.61. The number of amides is 1. The van der Waals surface area contributed by atoms with Gasteiger partial charge >= 0.3 is 0 Å². The zero-order valence-corrected chi connectivity index (χ0v) is 25.2. The van der Waals surface area contributed by atoms with E-state index in [-0.39, 0.29) is 17.9 Å². The molecule has 6 nitrogen and oxygen atoms in total. The van der Waals surface area contributed by atoms with Crippen LogP contribution in [0.4, 0.5) is 0 Å². The Bertz CT molecular complexity index is 1370. The lowest BCUT2D eigenvalue weighted by Crippen LogP contribution is -2.34. The number of nitrogens with one attached hydrogen (secondary N) is 1. The summed E-state index contributed by atoms with van der Waals surface area (Å²) in [6.07, 6.45) is 4.65. The van der Waals surface area contributed by atoms with Crippen molar-refractivity contribution in [2.24, 2.45) is 0 Å². The second kappa shape index (κ2) is 14.7.